The largest absolute Gasteiger partial charge is 0.480 e. The molecule has 0 aliphatic carbocycles. The van der Waals surface area contributed by atoms with Crippen molar-refractivity contribution in [3.05, 3.63) is 0 Å². The molecule has 0 rings (SSSR count). The predicted molar refractivity (Wildman–Crippen MR) is 63.7 cm³/mol. The molecule has 0 saturated carbocycles. The number of carboxylic acid groups (broad SMARTS) is 1. The van der Waals surface area contributed by atoms with E-state index >= 15 is 0 Å². The van der Waals surface area contributed by atoms with E-state index in [0.717, 1.165) is 0 Å². The molecule has 0 bridgehead atoms. The average Bonchev–Trinajstić information content (AvgIpc) is 2.07. The number of aliphatic carboxylic acids is 1. The molecule has 18 heavy (non-hydrogen) atoms. The standard InChI is InChI=1S/C9H18N2O6S/c1-9(2,3)17-8(14)10-4-5-11-18(15,16)6-7(12)13/h11H,4-6H2,1-3H3,(H,10,14)(H,12,13). The number of amides is 1. The van der Waals surface area contributed by atoms with Crippen LogP contribution in [0.25, 0.3) is 0 Å². The number of carboxylic acids is 1. The SMILES string of the molecule is CC(C)(C)OC(=O)NCCNS(=O)(=O)CC(=O)O. The number of rotatable bonds is 6. The summed E-state index contributed by atoms with van der Waals surface area (Å²) in [5.74, 6) is -2.44. The lowest BCUT2D eigenvalue weighted by Gasteiger charge is -2.19. The van der Waals surface area contributed by atoms with Crippen LogP contribution < -0.4 is 10.0 Å². The van der Waals surface area contributed by atoms with Crippen LogP contribution in [0.5, 0.6) is 0 Å². The van der Waals surface area contributed by atoms with Gasteiger partial charge >= 0.3 is 12.1 Å². The molecule has 0 aromatic carbocycles. The fraction of sp³-hybridized carbons (Fsp3) is 0.778. The van der Waals surface area contributed by atoms with Crippen LogP contribution in [-0.4, -0.2) is 50.0 Å². The van der Waals surface area contributed by atoms with Crippen molar-refractivity contribution in [1.82, 2.24) is 10.0 Å². The highest BCUT2D eigenvalue weighted by Gasteiger charge is 2.17. The van der Waals surface area contributed by atoms with Crippen molar-refractivity contribution in [3.8, 4) is 0 Å². The van der Waals surface area contributed by atoms with Crippen LogP contribution in [0.15, 0.2) is 0 Å². The Labute approximate surface area is 106 Å². The summed E-state index contributed by atoms with van der Waals surface area (Å²) in [4.78, 5) is 21.4. The van der Waals surface area contributed by atoms with Crippen molar-refractivity contribution in [2.24, 2.45) is 0 Å². The molecule has 0 saturated heterocycles. The Bertz CT molecular complexity index is 398. The van der Waals surface area contributed by atoms with Crippen LogP contribution in [-0.2, 0) is 19.6 Å². The van der Waals surface area contributed by atoms with Gasteiger partial charge in [0.25, 0.3) is 0 Å². The molecule has 0 fully saturated rings. The third-order valence-electron chi connectivity index (χ3n) is 1.43. The third kappa shape index (κ3) is 9.85. The molecule has 0 unspecified atom stereocenters. The van der Waals surface area contributed by atoms with Gasteiger partial charge in [-0.15, -0.1) is 0 Å². The summed E-state index contributed by atoms with van der Waals surface area (Å²) in [6.07, 6.45) is -0.667. The maximum Gasteiger partial charge on any atom is 0.407 e. The monoisotopic (exact) mass is 282 g/mol. The fourth-order valence-electron chi connectivity index (χ4n) is 0.899. The van der Waals surface area contributed by atoms with E-state index in [0.29, 0.717) is 0 Å². The van der Waals surface area contributed by atoms with Crippen molar-refractivity contribution in [2.45, 2.75) is 26.4 Å². The maximum atomic E-state index is 11.2. The Hall–Kier alpha value is -1.35. The summed E-state index contributed by atoms with van der Waals surface area (Å²) in [7, 11) is -3.86. The lowest BCUT2D eigenvalue weighted by Crippen LogP contribution is -2.39. The van der Waals surface area contributed by atoms with E-state index in [9.17, 15) is 18.0 Å². The van der Waals surface area contributed by atoms with Crippen LogP contribution in [0.3, 0.4) is 0 Å². The van der Waals surface area contributed by atoms with Crippen LogP contribution in [0.1, 0.15) is 20.8 Å². The number of ether oxygens (including phenoxy) is 1. The number of sulfonamides is 1. The highest BCUT2D eigenvalue weighted by molar-refractivity contribution is 7.90. The molecule has 106 valence electrons. The zero-order chi connectivity index (χ0) is 14.4. The highest BCUT2D eigenvalue weighted by Crippen LogP contribution is 2.05. The number of alkyl carbamates (subject to hydrolysis) is 1. The molecule has 0 aliphatic rings. The molecule has 0 aromatic heterocycles. The summed E-state index contributed by atoms with van der Waals surface area (Å²) < 4.78 is 29.1. The normalized spacial score (nSPS) is 11.9. The van der Waals surface area contributed by atoms with E-state index in [1.165, 1.54) is 0 Å². The van der Waals surface area contributed by atoms with E-state index in [-0.39, 0.29) is 13.1 Å². The van der Waals surface area contributed by atoms with Gasteiger partial charge in [0, 0.05) is 13.1 Å². The highest BCUT2D eigenvalue weighted by atomic mass is 32.2. The molecule has 0 aromatic rings. The van der Waals surface area contributed by atoms with Gasteiger partial charge in [-0.05, 0) is 20.8 Å². The average molecular weight is 282 g/mol. The van der Waals surface area contributed by atoms with Crippen molar-refractivity contribution in [3.63, 3.8) is 0 Å². The van der Waals surface area contributed by atoms with Gasteiger partial charge in [-0.3, -0.25) is 4.79 Å². The quantitative estimate of drug-likeness (QED) is 0.565. The van der Waals surface area contributed by atoms with E-state index in [1.54, 1.807) is 20.8 Å². The van der Waals surface area contributed by atoms with E-state index in [4.69, 9.17) is 9.84 Å². The molecule has 9 heteroatoms. The first kappa shape index (κ1) is 16.6. The first-order valence-corrected chi connectivity index (χ1v) is 6.83. The second kappa shape index (κ2) is 6.55. The fourth-order valence-corrected chi connectivity index (χ4v) is 1.74. The lowest BCUT2D eigenvalue weighted by molar-refractivity contribution is -0.134. The molecule has 0 spiro atoms. The van der Waals surface area contributed by atoms with Gasteiger partial charge in [0.05, 0.1) is 0 Å². The molecule has 0 atom stereocenters. The van der Waals surface area contributed by atoms with Crippen LogP contribution in [0.4, 0.5) is 4.79 Å². The Morgan fingerprint density at radius 2 is 1.78 bits per heavy atom. The van der Waals surface area contributed by atoms with Crippen LogP contribution >= 0.6 is 0 Å². The van der Waals surface area contributed by atoms with Gasteiger partial charge in [-0.1, -0.05) is 0 Å². The second-order valence-corrected chi connectivity index (χ2v) is 6.28. The summed E-state index contributed by atoms with van der Waals surface area (Å²) in [6.45, 7) is 5.00. The van der Waals surface area contributed by atoms with Gasteiger partial charge < -0.3 is 15.2 Å². The topological polar surface area (TPSA) is 122 Å². The van der Waals surface area contributed by atoms with Gasteiger partial charge in [0.2, 0.25) is 10.0 Å². The summed E-state index contributed by atoms with van der Waals surface area (Å²) in [5, 5.41) is 10.6. The van der Waals surface area contributed by atoms with Crippen molar-refractivity contribution in [1.29, 1.82) is 0 Å². The minimum absolute atomic E-state index is 0.00770. The Morgan fingerprint density at radius 3 is 2.22 bits per heavy atom. The predicted octanol–water partition coefficient (Wildman–Crippen LogP) is -0.485. The molecule has 0 radical (unpaired) electrons. The van der Waals surface area contributed by atoms with Gasteiger partial charge in [0.1, 0.15) is 5.60 Å². The molecule has 3 N–H and O–H groups in total. The Kier molecular flexibility index (Phi) is 6.06. The van der Waals surface area contributed by atoms with Crippen molar-refractivity contribution in [2.75, 3.05) is 18.8 Å². The molecule has 1 amide bonds. The van der Waals surface area contributed by atoms with E-state index < -0.39 is 33.4 Å². The summed E-state index contributed by atoms with van der Waals surface area (Å²) in [6, 6.07) is 0. The van der Waals surface area contributed by atoms with Crippen LogP contribution in [0, 0.1) is 0 Å². The zero-order valence-corrected chi connectivity index (χ0v) is 11.3. The number of carbonyl (C=O) groups excluding carboxylic acids is 1. The molecule has 8 nitrogen and oxygen atoms in total. The molecular weight excluding hydrogens is 264 g/mol. The first-order chi connectivity index (χ1) is 8.02. The number of carbonyl (C=O) groups is 2. The molecular formula is C9H18N2O6S. The smallest absolute Gasteiger partial charge is 0.407 e. The van der Waals surface area contributed by atoms with Gasteiger partial charge in [-0.2, -0.15) is 0 Å². The van der Waals surface area contributed by atoms with E-state index in [2.05, 4.69) is 5.32 Å². The van der Waals surface area contributed by atoms with E-state index in [1.807, 2.05) is 4.72 Å². The maximum absolute atomic E-state index is 11.2. The van der Waals surface area contributed by atoms with Crippen molar-refractivity contribution < 1.29 is 27.9 Å². The molecule has 0 aliphatic heterocycles. The zero-order valence-electron chi connectivity index (χ0n) is 10.5. The summed E-state index contributed by atoms with van der Waals surface area (Å²) in [5.41, 5.74) is -0.632. The van der Waals surface area contributed by atoms with Crippen LogP contribution in [0.2, 0.25) is 0 Å². The minimum Gasteiger partial charge on any atom is -0.480 e. The van der Waals surface area contributed by atoms with Gasteiger partial charge in [0.15, 0.2) is 5.75 Å². The minimum atomic E-state index is -3.86. The first-order valence-electron chi connectivity index (χ1n) is 5.18. The number of nitrogens with one attached hydrogen (secondary N) is 2. The van der Waals surface area contributed by atoms with Crippen molar-refractivity contribution >= 4 is 22.1 Å². The van der Waals surface area contributed by atoms with Gasteiger partial charge in [-0.25, -0.2) is 17.9 Å². The summed E-state index contributed by atoms with van der Waals surface area (Å²) >= 11 is 0. The number of hydrogen-bond acceptors (Lipinski definition) is 5. The number of hydrogen-bond donors (Lipinski definition) is 3. The third-order valence-corrected chi connectivity index (χ3v) is 2.70. The lowest BCUT2D eigenvalue weighted by atomic mass is 10.2. The second-order valence-electron chi connectivity index (χ2n) is 4.48. The Balaban J connectivity index is 3.87. The Morgan fingerprint density at radius 1 is 1.22 bits per heavy atom. The molecule has 0 heterocycles.